The fraction of sp³-hybridized carbons (Fsp3) is 0.385. The molecule has 1 atom stereocenters. The Bertz CT molecular complexity index is 777. The van der Waals surface area contributed by atoms with Gasteiger partial charge in [-0.05, 0) is 46.8 Å². The smallest absolute Gasteiger partial charge is 0.409 e. The van der Waals surface area contributed by atoms with Crippen molar-refractivity contribution in [2.24, 2.45) is 4.99 Å². The largest absolute Gasteiger partial charge is 0.438 e. The van der Waals surface area contributed by atoms with Crippen molar-refractivity contribution in [2.45, 2.75) is 18.9 Å². The minimum Gasteiger partial charge on any atom is -0.409 e. The quantitative estimate of drug-likeness (QED) is 0.516. The lowest BCUT2D eigenvalue weighted by molar-refractivity contribution is -0.391. The third kappa shape index (κ3) is 3.20. The molecule has 0 saturated carbocycles. The van der Waals surface area contributed by atoms with Crippen LogP contribution in [0.25, 0.3) is 5.69 Å². The second-order valence-corrected chi connectivity index (χ2v) is 5.47. The molecule has 0 unspecified atom stereocenters. The molecular formula is C13H14ClN5O4. The van der Waals surface area contributed by atoms with Crippen molar-refractivity contribution in [3.63, 3.8) is 0 Å². The van der Waals surface area contributed by atoms with E-state index >= 15 is 0 Å². The molecule has 23 heavy (non-hydrogen) atoms. The number of hydrogen-bond acceptors (Lipinski definition) is 6. The number of nitro groups is 1. The second kappa shape index (κ2) is 6.39. The van der Waals surface area contributed by atoms with E-state index < -0.39 is 10.7 Å². The molecule has 1 fully saturated rings. The highest BCUT2D eigenvalue weighted by Crippen LogP contribution is 2.14. The average Bonchev–Trinajstić information content (AvgIpc) is 3.14. The fourth-order valence-corrected chi connectivity index (χ4v) is 2.45. The summed E-state index contributed by atoms with van der Waals surface area (Å²) in [7, 11) is 0. The number of halogens is 1. The van der Waals surface area contributed by atoms with E-state index in [1.54, 1.807) is 24.3 Å². The molecule has 0 amide bonds. The Kier molecular flexibility index (Phi) is 4.30. The van der Waals surface area contributed by atoms with Gasteiger partial charge in [-0.25, -0.2) is 0 Å². The molecule has 1 aromatic heterocycles. The molecule has 1 aromatic carbocycles. The van der Waals surface area contributed by atoms with E-state index in [-0.39, 0.29) is 18.1 Å². The zero-order valence-electron chi connectivity index (χ0n) is 12.0. The normalized spacial score (nSPS) is 18.5. The molecule has 2 heterocycles. The van der Waals surface area contributed by atoms with E-state index in [0.29, 0.717) is 22.2 Å². The third-order valence-corrected chi connectivity index (χ3v) is 3.71. The van der Waals surface area contributed by atoms with Gasteiger partial charge in [-0.3, -0.25) is 4.99 Å². The summed E-state index contributed by atoms with van der Waals surface area (Å²) < 4.78 is 5.42. The number of aromatic nitrogens is 3. The minimum atomic E-state index is -0.687. The lowest BCUT2D eigenvalue weighted by Crippen LogP contribution is -2.24. The molecule has 0 radical (unpaired) electrons. The second-order valence-electron chi connectivity index (χ2n) is 5.04. The van der Waals surface area contributed by atoms with Crippen LogP contribution in [0.3, 0.4) is 0 Å². The van der Waals surface area contributed by atoms with E-state index in [1.807, 2.05) is 0 Å². The van der Waals surface area contributed by atoms with Gasteiger partial charge in [-0.15, -0.1) is 0 Å². The predicted octanol–water partition coefficient (Wildman–Crippen LogP) is 1.55. The van der Waals surface area contributed by atoms with Crippen LogP contribution in [0.4, 0.5) is 5.82 Å². The summed E-state index contributed by atoms with van der Waals surface area (Å²) >= 11 is 5.81. The maximum absolute atomic E-state index is 11.2. The monoisotopic (exact) mass is 339 g/mol. The number of benzene rings is 1. The lowest BCUT2D eigenvalue weighted by Gasteiger charge is -2.03. The Morgan fingerprint density at radius 3 is 2.83 bits per heavy atom. The number of hydrogen-bond donors (Lipinski definition) is 1. The van der Waals surface area contributed by atoms with Gasteiger partial charge in [-0.2, -0.15) is 0 Å². The standard InChI is InChI=1S/C13H14ClN5O4/c14-9-3-5-10(6-4-9)17-16-13(19(21)22)12(18(17)20)15-8-11-2-1-7-23-11/h3-6,11,20H,1-2,7-8H2/t11-/m0/s1. The van der Waals surface area contributed by atoms with Crippen LogP contribution in [0.5, 0.6) is 0 Å². The van der Waals surface area contributed by atoms with E-state index in [4.69, 9.17) is 16.3 Å². The van der Waals surface area contributed by atoms with Gasteiger partial charge in [0.2, 0.25) is 0 Å². The highest BCUT2D eigenvalue weighted by molar-refractivity contribution is 6.30. The van der Waals surface area contributed by atoms with Crippen LogP contribution >= 0.6 is 11.6 Å². The van der Waals surface area contributed by atoms with Gasteiger partial charge in [-0.1, -0.05) is 16.4 Å². The summed E-state index contributed by atoms with van der Waals surface area (Å²) in [4.78, 5) is 16.1. The summed E-state index contributed by atoms with van der Waals surface area (Å²) in [6.07, 6.45) is 1.69. The summed E-state index contributed by atoms with van der Waals surface area (Å²) in [5, 5.41) is 25.7. The molecule has 1 N–H and O–H groups in total. The first-order valence-electron chi connectivity index (χ1n) is 7.00. The van der Waals surface area contributed by atoms with Crippen molar-refractivity contribution in [1.82, 2.24) is 14.7 Å². The summed E-state index contributed by atoms with van der Waals surface area (Å²) in [5.41, 5.74) is 0.194. The predicted molar refractivity (Wildman–Crippen MR) is 79.8 cm³/mol. The van der Waals surface area contributed by atoms with Gasteiger partial charge in [0.05, 0.1) is 17.7 Å². The van der Waals surface area contributed by atoms with Crippen molar-refractivity contribution in [2.75, 3.05) is 13.2 Å². The Balaban J connectivity index is 2.02. The summed E-state index contributed by atoms with van der Waals surface area (Å²) in [6.45, 7) is 0.888. The van der Waals surface area contributed by atoms with Crippen LogP contribution in [-0.4, -0.2) is 44.1 Å². The SMILES string of the molecule is O=[N+]([O-])c1nn(-c2ccc(Cl)cc2)n(O)c1=NC[C@@H]1CCCO1. The molecule has 0 spiro atoms. The molecule has 0 bridgehead atoms. The Morgan fingerprint density at radius 1 is 1.48 bits per heavy atom. The average molecular weight is 340 g/mol. The van der Waals surface area contributed by atoms with Gasteiger partial charge in [0.25, 0.3) is 5.49 Å². The zero-order chi connectivity index (χ0) is 16.4. The highest BCUT2D eigenvalue weighted by atomic mass is 35.5. The van der Waals surface area contributed by atoms with Crippen molar-refractivity contribution in [3.05, 3.63) is 44.9 Å². The number of nitrogens with zero attached hydrogens (tertiary/aromatic N) is 5. The highest BCUT2D eigenvalue weighted by Gasteiger charge is 2.24. The number of ether oxygens (including phenoxy) is 1. The maximum Gasteiger partial charge on any atom is 0.438 e. The van der Waals surface area contributed by atoms with Gasteiger partial charge in [0, 0.05) is 11.6 Å². The molecule has 1 saturated heterocycles. The third-order valence-electron chi connectivity index (χ3n) is 3.46. The van der Waals surface area contributed by atoms with E-state index in [9.17, 15) is 15.3 Å². The van der Waals surface area contributed by atoms with Gasteiger partial charge >= 0.3 is 5.82 Å². The van der Waals surface area contributed by atoms with Crippen LogP contribution in [0.1, 0.15) is 12.8 Å². The fourth-order valence-electron chi connectivity index (χ4n) is 2.33. The van der Waals surface area contributed by atoms with Crippen LogP contribution in [0.15, 0.2) is 29.3 Å². The van der Waals surface area contributed by atoms with E-state index in [2.05, 4.69) is 10.1 Å². The van der Waals surface area contributed by atoms with E-state index in [1.165, 1.54) is 0 Å². The summed E-state index contributed by atoms with van der Waals surface area (Å²) in [5.74, 6) is -0.527. The maximum atomic E-state index is 11.2. The Morgan fingerprint density at radius 2 is 2.22 bits per heavy atom. The minimum absolute atomic E-state index is 0.0894. The molecular weight excluding hydrogens is 326 g/mol. The molecule has 1 aliphatic rings. The summed E-state index contributed by atoms with van der Waals surface area (Å²) in [6, 6.07) is 6.34. The molecule has 0 aliphatic carbocycles. The molecule has 10 heteroatoms. The van der Waals surface area contributed by atoms with Crippen LogP contribution < -0.4 is 5.49 Å². The molecule has 9 nitrogen and oxygen atoms in total. The van der Waals surface area contributed by atoms with Gasteiger partial charge < -0.3 is 20.1 Å². The van der Waals surface area contributed by atoms with Gasteiger partial charge in [0.15, 0.2) is 0 Å². The molecule has 2 aromatic rings. The van der Waals surface area contributed by atoms with Crippen LogP contribution in [0, 0.1) is 10.1 Å². The first-order chi connectivity index (χ1) is 11.1. The van der Waals surface area contributed by atoms with Gasteiger partial charge in [0.1, 0.15) is 5.69 Å². The first kappa shape index (κ1) is 15.5. The van der Waals surface area contributed by atoms with Crippen molar-refractivity contribution >= 4 is 17.4 Å². The molecule has 1 aliphatic heterocycles. The Labute approximate surface area is 135 Å². The van der Waals surface area contributed by atoms with Crippen LogP contribution in [-0.2, 0) is 4.74 Å². The number of rotatable bonds is 4. The van der Waals surface area contributed by atoms with Crippen molar-refractivity contribution in [3.8, 4) is 5.69 Å². The lowest BCUT2D eigenvalue weighted by atomic mass is 10.2. The first-order valence-corrected chi connectivity index (χ1v) is 7.38. The topological polar surface area (TPSA) is 108 Å². The Hall–Kier alpha value is -2.39. The molecule has 3 rings (SSSR count). The van der Waals surface area contributed by atoms with E-state index in [0.717, 1.165) is 17.6 Å². The molecule has 122 valence electrons. The van der Waals surface area contributed by atoms with Crippen molar-refractivity contribution in [1.29, 1.82) is 0 Å². The zero-order valence-corrected chi connectivity index (χ0v) is 12.8. The van der Waals surface area contributed by atoms with Crippen molar-refractivity contribution < 1.29 is 14.9 Å². The van der Waals surface area contributed by atoms with Crippen LogP contribution in [0.2, 0.25) is 5.02 Å².